The van der Waals surface area contributed by atoms with Crippen molar-refractivity contribution in [3.8, 4) is 0 Å². The molecule has 3 aromatic rings. The van der Waals surface area contributed by atoms with Gasteiger partial charge >= 0.3 is 0 Å². The topological polar surface area (TPSA) is 71.4 Å². The molecular weight excluding hydrogens is 482 g/mol. The molecule has 2 unspecified atom stereocenters. The Labute approximate surface area is 224 Å². The van der Waals surface area contributed by atoms with E-state index in [0.29, 0.717) is 11.2 Å². The summed E-state index contributed by atoms with van der Waals surface area (Å²) in [5.74, 6) is -0.177. The minimum absolute atomic E-state index is 0.0196. The lowest BCUT2D eigenvalue weighted by molar-refractivity contribution is -0.119. The average molecular weight is 518 g/mol. The maximum Gasteiger partial charge on any atom is 0.250 e. The first-order valence-corrected chi connectivity index (χ1v) is 13.4. The van der Waals surface area contributed by atoms with E-state index in [4.69, 9.17) is 21.9 Å². The Balaban J connectivity index is 1.57. The van der Waals surface area contributed by atoms with E-state index in [0.717, 1.165) is 22.6 Å². The fraction of sp³-hybridized carbons (Fsp3) is 0.414. The van der Waals surface area contributed by atoms with Crippen LogP contribution in [0, 0.1) is 20.8 Å². The summed E-state index contributed by atoms with van der Waals surface area (Å²) in [7, 11) is 1.51. The van der Waals surface area contributed by atoms with E-state index in [1.807, 2.05) is 37.4 Å². The first-order valence-electron chi connectivity index (χ1n) is 13.0. The molecule has 2 N–H and O–H groups in total. The number of hydrogen-bond donors (Lipinski definition) is 2. The maximum absolute atomic E-state index is 12.1. The number of amides is 1. The molecule has 0 radical (unpaired) electrons. The number of carbonyl (C=O) groups is 1. The molecule has 8 heteroatoms. The van der Waals surface area contributed by atoms with Gasteiger partial charge < -0.3 is 24.8 Å². The van der Waals surface area contributed by atoms with Crippen molar-refractivity contribution in [1.82, 2.24) is 14.9 Å². The van der Waals surface area contributed by atoms with E-state index in [9.17, 15) is 4.79 Å². The maximum atomic E-state index is 12.1. The fourth-order valence-electron chi connectivity index (χ4n) is 6.03. The fourth-order valence-corrected chi connectivity index (χ4v) is 6.38. The monoisotopic (exact) mass is 517 g/mol. The van der Waals surface area contributed by atoms with Gasteiger partial charge in [-0.15, -0.1) is 0 Å². The quantitative estimate of drug-likeness (QED) is 0.393. The second-order valence-corrected chi connectivity index (χ2v) is 10.5. The number of hydrogen-bond acceptors (Lipinski definition) is 4. The number of nitrogens with zero attached hydrogens (tertiary/aromatic N) is 3. The normalized spacial score (nSPS) is 19.9. The number of nitrogens with one attached hydrogen (secondary N) is 2. The van der Waals surface area contributed by atoms with Gasteiger partial charge in [0, 0.05) is 42.1 Å². The van der Waals surface area contributed by atoms with Gasteiger partial charge in [-0.3, -0.25) is 9.78 Å². The van der Waals surface area contributed by atoms with Crippen molar-refractivity contribution >= 4 is 34.6 Å². The molecule has 1 aromatic carbocycles. The number of thiocarbonyl (C=S) groups is 1. The third kappa shape index (κ3) is 4.88. The zero-order valence-corrected chi connectivity index (χ0v) is 22.8. The van der Waals surface area contributed by atoms with Gasteiger partial charge in [0.05, 0.1) is 17.8 Å². The first kappa shape index (κ1) is 25.4. The van der Waals surface area contributed by atoms with Crippen molar-refractivity contribution in [2.24, 2.45) is 0 Å². The molecule has 1 amide bonds. The van der Waals surface area contributed by atoms with Crippen molar-refractivity contribution in [3.63, 3.8) is 0 Å². The largest absolute Gasteiger partial charge is 0.375 e. The number of ether oxygens (including phenoxy) is 1. The highest BCUT2D eigenvalue weighted by atomic mass is 32.1. The Morgan fingerprint density at radius 3 is 2.62 bits per heavy atom. The zero-order valence-electron chi connectivity index (χ0n) is 22.0. The minimum atomic E-state index is -0.177. The van der Waals surface area contributed by atoms with E-state index < -0.39 is 0 Å². The van der Waals surface area contributed by atoms with Crippen molar-refractivity contribution in [1.29, 1.82) is 0 Å². The average Bonchev–Trinajstić information content (AvgIpc) is 3.59. The predicted octanol–water partition coefficient (Wildman–Crippen LogP) is 5.69. The molecule has 2 fully saturated rings. The molecule has 1 aliphatic heterocycles. The van der Waals surface area contributed by atoms with Gasteiger partial charge in [-0.25, -0.2) is 0 Å². The summed E-state index contributed by atoms with van der Waals surface area (Å²) in [6, 6.07) is 14.8. The van der Waals surface area contributed by atoms with Crippen LogP contribution in [0.4, 0.5) is 11.4 Å². The van der Waals surface area contributed by atoms with E-state index in [1.165, 1.54) is 49.7 Å². The number of aryl methyl sites for hydroxylation is 2. The second-order valence-electron chi connectivity index (χ2n) is 10.1. The van der Waals surface area contributed by atoms with Gasteiger partial charge in [-0.2, -0.15) is 0 Å². The zero-order chi connectivity index (χ0) is 26.1. The van der Waals surface area contributed by atoms with Crippen LogP contribution in [0.5, 0.6) is 0 Å². The molecule has 37 heavy (non-hydrogen) atoms. The van der Waals surface area contributed by atoms with Gasteiger partial charge in [-0.1, -0.05) is 18.9 Å². The molecular formula is C29H35N5O2S. The van der Waals surface area contributed by atoms with Crippen LogP contribution in [0.1, 0.15) is 72.0 Å². The van der Waals surface area contributed by atoms with E-state index in [2.05, 4.69) is 52.1 Å². The number of carbonyl (C=O) groups excluding carboxylic acids is 1. The summed E-state index contributed by atoms with van der Waals surface area (Å²) in [5.41, 5.74) is 7.53. The molecule has 7 nitrogen and oxygen atoms in total. The SMILES string of the molecule is COCC(=O)Nc1ccc(N2C(=S)NC(c3ccccn3)C2c2cc(C)n(C3CCCC3)c2C)cc1C. The van der Waals surface area contributed by atoms with Gasteiger partial charge in [0.25, 0.3) is 0 Å². The lowest BCUT2D eigenvalue weighted by atomic mass is 9.96. The van der Waals surface area contributed by atoms with Crippen molar-refractivity contribution in [3.05, 3.63) is 76.9 Å². The number of pyridine rings is 1. The van der Waals surface area contributed by atoms with Gasteiger partial charge in [0.1, 0.15) is 6.61 Å². The molecule has 1 saturated heterocycles. The Morgan fingerprint density at radius 2 is 1.95 bits per heavy atom. The molecule has 1 aliphatic carbocycles. The molecule has 2 aliphatic rings. The van der Waals surface area contributed by atoms with Crippen LogP contribution in [0.3, 0.4) is 0 Å². The lowest BCUT2D eigenvalue weighted by Gasteiger charge is -2.29. The van der Waals surface area contributed by atoms with Crippen molar-refractivity contribution in [2.45, 2.75) is 64.6 Å². The molecule has 2 aromatic heterocycles. The van der Waals surface area contributed by atoms with Gasteiger partial charge in [0.15, 0.2) is 5.11 Å². The highest BCUT2D eigenvalue weighted by Gasteiger charge is 2.42. The van der Waals surface area contributed by atoms with Crippen molar-refractivity contribution in [2.75, 3.05) is 23.9 Å². The summed E-state index contributed by atoms with van der Waals surface area (Å²) in [6.45, 7) is 6.48. The van der Waals surface area contributed by atoms with Crippen LogP contribution >= 0.6 is 12.2 Å². The number of methoxy groups -OCH3 is 1. The van der Waals surface area contributed by atoms with E-state index in [1.54, 1.807) is 0 Å². The third-order valence-electron chi connectivity index (χ3n) is 7.67. The summed E-state index contributed by atoms with van der Waals surface area (Å²) in [6.07, 6.45) is 6.89. The van der Waals surface area contributed by atoms with Crippen LogP contribution in [0.2, 0.25) is 0 Å². The summed E-state index contributed by atoms with van der Waals surface area (Å²) < 4.78 is 7.50. The molecule has 5 rings (SSSR count). The molecule has 194 valence electrons. The standard InChI is InChI=1S/C29H35N5O2S/c1-18-15-22(12-13-24(18)31-26(35)17-36-4)34-28(27(32-29(34)37)25-11-7-8-14-30-25)23-16-19(2)33(20(23)3)21-9-5-6-10-21/h7-8,11-16,21,27-28H,5-6,9-10,17H2,1-4H3,(H,31,35)(H,32,37). The van der Waals surface area contributed by atoms with E-state index in [-0.39, 0.29) is 24.6 Å². The smallest absolute Gasteiger partial charge is 0.250 e. The first-order chi connectivity index (χ1) is 17.9. The van der Waals surface area contributed by atoms with Crippen molar-refractivity contribution < 1.29 is 9.53 Å². The van der Waals surface area contributed by atoms with Gasteiger partial charge in [-0.05, 0) is 93.4 Å². The van der Waals surface area contributed by atoms with Crippen LogP contribution in [-0.2, 0) is 9.53 Å². The molecule has 3 heterocycles. The van der Waals surface area contributed by atoms with Crippen LogP contribution in [-0.4, -0.2) is 34.3 Å². The minimum Gasteiger partial charge on any atom is -0.375 e. The van der Waals surface area contributed by atoms with Gasteiger partial charge in [0.2, 0.25) is 5.91 Å². The van der Waals surface area contributed by atoms with Crippen LogP contribution < -0.4 is 15.5 Å². The number of aromatic nitrogens is 2. The summed E-state index contributed by atoms with van der Waals surface area (Å²) >= 11 is 5.94. The lowest BCUT2D eigenvalue weighted by Crippen LogP contribution is -2.29. The van der Waals surface area contributed by atoms with Crippen LogP contribution in [0.15, 0.2) is 48.7 Å². The number of rotatable bonds is 7. The highest BCUT2D eigenvalue weighted by molar-refractivity contribution is 7.80. The Hall–Kier alpha value is -3.23. The Morgan fingerprint density at radius 1 is 1.16 bits per heavy atom. The van der Waals surface area contributed by atoms with Crippen LogP contribution in [0.25, 0.3) is 0 Å². The third-order valence-corrected chi connectivity index (χ3v) is 7.98. The Kier molecular flexibility index (Phi) is 7.31. The second kappa shape index (κ2) is 10.6. The number of benzene rings is 1. The van der Waals surface area contributed by atoms with E-state index >= 15 is 0 Å². The summed E-state index contributed by atoms with van der Waals surface area (Å²) in [4.78, 5) is 19.0. The molecule has 0 spiro atoms. The predicted molar refractivity (Wildman–Crippen MR) is 151 cm³/mol. The summed E-state index contributed by atoms with van der Waals surface area (Å²) in [5, 5.41) is 7.17. The molecule has 1 saturated carbocycles. The highest BCUT2D eigenvalue weighted by Crippen LogP contribution is 2.45. The Bertz CT molecular complexity index is 1300. The molecule has 0 bridgehead atoms. The number of anilines is 2. The molecule has 2 atom stereocenters.